The maximum atomic E-state index is 11.8. The molecule has 1 atom stereocenters. The number of carbonyl (C=O) groups is 1. The van der Waals surface area contributed by atoms with Gasteiger partial charge in [-0.25, -0.2) is 0 Å². The molecule has 2 rings (SSSR count). The van der Waals surface area contributed by atoms with Crippen LogP contribution in [-0.4, -0.2) is 17.3 Å². The average molecular weight is 261 g/mol. The lowest BCUT2D eigenvalue weighted by Gasteiger charge is -2.03. The molecule has 0 N–H and O–H groups in total. The van der Waals surface area contributed by atoms with E-state index in [2.05, 4.69) is 15.9 Å². The fraction of sp³-hybridized carbons (Fsp3) is 0.444. The Labute approximate surface area is 89.2 Å². The molecule has 0 aromatic carbocycles. The molecule has 2 heterocycles. The molecular weight excluding hydrogens is 252 g/mol. The van der Waals surface area contributed by atoms with E-state index in [0.717, 1.165) is 22.4 Å². The van der Waals surface area contributed by atoms with Gasteiger partial charge in [0.05, 0.1) is 10.7 Å². The van der Waals surface area contributed by atoms with E-state index in [1.54, 1.807) is 12.3 Å². The Kier molecular flexibility index (Phi) is 2.79. The molecule has 1 aromatic heterocycles. The first-order valence-corrected chi connectivity index (χ1v) is 6.09. The molecule has 1 fully saturated rings. The Morgan fingerprint density at radius 2 is 2.54 bits per heavy atom. The molecule has 0 aliphatic carbocycles. The number of furan rings is 1. The van der Waals surface area contributed by atoms with Gasteiger partial charge >= 0.3 is 0 Å². The third kappa shape index (κ3) is 1.83. The van der Waals surface area contributed by atoms with Gasteiger partial charge in [0.2, 0.25) is 5.78 Å². The molecule has 70 valence electrons. The van der Waals surface area contributed by atoms with Gasteiger partial charge in [-0.05, 0) is 34.2 Å². The van der Waals surface area contributed by atoms with Crippen LogP contribution in [0.15, 0.2) is 21.2 Å². The molecular formula is C9H9BrO2S. The van der Waals surface area contributed by atoms with Crippen LogP contribution >= 0.6 is 27.7 Å². The summed E-state index contributed by atoms with van der Waals surface area (Å²) in [6, 6.07) is 1.76. The van der Waals surface area contributed by atoms with E-state index in [4.69, 9.17) is 4.42 Å². The van der Waals surface area contributed by atoms with Gasteiger partial charge < -0.3 is 4.42 Å². The van der Waals surface area contributed by atoms with E-state index in [-0.39, 0.29) is 11.7 Å². The van der Waals surface area contributed by atoms with Crippen LogP contribution in [0.4, 0.5) is 0 Å². The van der Waals surface area contributed by atoms with Crippen molar-refractivity contribution in [3.8, 4) is 0 Å². The zero-order valence-electron chi connectivity index (χ0n) is 6.96. The molecule has 4 heteroatoms. The highest BCUT2D eigenvalue weighted by Crippen LogP contribution is 2.29. The SMILES string of the molecule is O=C(c1occc1Br)C1CCSC1. The summed E-state index contributed by atoms with van der Waals surface area (Å²) in [5.41, 5.74) is 0. The first-order chi connectivity index (χ1) is 6.29. The monoisotopic (exact) mass is 260 g/mol. The van der Waals surface area contributed by atoms with Gasteiger partial charge in [-0.1, -0.05) is 0 Å². The maximum absolute atomic E-state index is 11.8. The quantitative estimate of drug-likeness (QED) is 0.766. The minimum Gasteiger partial charge on any atom is -0.460 e. The summed E-state index contributed by atoms with van der Waals surface area (Å²) >= 11 is 5.13. The lowest BCUT2D eigenvalue weighted by atomic mass is 10.0. The number of thioether (sulfide) groups is 1. The zero-order chi connectivity index (χ0) is 9.26. The lowest BCUT2D eigenvalue weighted by molar-refractivity contribution is 0.0904. The third-order valence-electron chi connectivity index (χ3n) is 2.14. The minimum atomic E-state index is 0.141. The van der Waals surface area contributed by atoms with Gasteiger partial charge in [-0.2, -0.15) is 11.8 Å². The summed E-state index contributed by atoms with van der Waals surface area (Å²) in [5, 5.41) is 0. The smallest absolute Gasteiger partial charge is 0.203 e. The molecule has 2 nitrogen and oxygen atoms in total. The fourth-order valence-electron chi connectivity index (χ4n) is 1.40. The van der Waals surface area contributed by atoms with Crippen molar-refractivity contribution >= 4 is 33.5 Å². The highest BCUT2D eigenvalue weighted by Gasteiger charge is 2.27. The van der Waals surface area contributed by atoms with Crippen LogP contribution in [-0.2, 0) is 0 Å². The third-order valence-corrected chi connectivity index (χ3v) is 3.93. The van der Waals surface area contributed by atoms with Gasteiger partial charge in [0.15, 0.2) is 5.76 Å². The zero-order valence-corrected chi connectivity index (χ0v) is 9.36. The Morgan fingerprint density at radius 3 is 3.08 bits per heavy atom. The largest absolute Gasteiger partial charge is 0.460 e. The molecule has 0 bridgehead atoms. The summed E-state index contributed by atoms with van der Waals surface area (Å²) in [7, 11) is 0. The predicted molar refractivity (Wildman–Crippen MR) is 56.2 cm³/mol. The molecule has 1 unspecified atom stereocenters. The van der Waals surface area contributed by atoms with Gasteiger partial charge in [-0.3, -0.25) is 4.79 Å². The van der Waals surface area contributed by atoms with E-state index in [0.29, 0.717) is 5.76 Å². The maximum Gasteiger partial charge on any atom is 0.203 e. The van der Waals surface area contributed by atoms with Crippen molar-refractivity contribution in [1.29, 1.82) is 0 Å². The second kappa shape index (κ2) is 3.88. The molecule has 0 amide bonds. The van der Waals surface area contributed by atoms with E-state index in [1.807, 2.05) is 11.8 Å². The van der Waals surface area contributed by atoms with E-state index in [9.17, 15) is 4.79 Å². The van der Waals surface area contributed by atoms with Crippen molar-refractivity contribution in [3.05, 3.63) is 22.6 Å². The van der Waals surface area contributed by atoms with Crippen LogP contribution in [0.2, 0.25) is 0 Å². The summed E-state index contributed by atoms with van der Waals surface area (Å²) < 4.78 is 5.91. The van der Waals surface area contributed by atoms with Gasteiger partial charge in [0.25, 0.3) is 0 Å². The topological polar surface area (TPSA) is 30.2 Å². The van der Waals surface area contributed by atoms with Gasteiger partial charge in [0, 0.05) is 11.7 Å². The normalized spacial score (nSPS) is 22.1. The summed E-state index contributed by atoms with van der Waals surface area (Å²) in [5.74, 6) is 2.81. The van der Waals surface area contributed by atoms with E-state index >= 15 is 0 Å². The Bertz CT molecular complexity index is 315. The number of Topliss-reactive ketones (excluding diaryl/α,β-unsaturated/α-hetero) is 1. The Morgan fingerprint density at radius 1 is 1.69 bits per heavy atom. The summed E-state index contributed by atoms with van der Waals surface area (Å²) in [4.78, 5) is 11.8. The number of hydrogen-bond donors (Lipinski definition) is 0. The Hall–Kier alpha value is -0.220. The van der Waals surface area contributed by atoms with Crippen LogP contribution in [0.1, 0.15) is 17.0 Å². The molecule has 13 heavy (non-hydrogen) atoms. The van der Waals surface area contributed by atoms with Crippen LogP contribution in [0.3, 0.4) is 0 Å². The standard InChI is InChI=1S/C9H9BrO2S/c10-7-1-3-12-9(7)8(11)6-2-4-13-5-6/h1,3,6H,2,4-5H2. The van der Waals surface area contributed by atoms with Crippen molar-refractivity contribution in [2.24, 2.45) is 5.92 Å². The number of rotatable bonds is 2. The van der Waals surface area contributed by atoms with E-state index in [1.165, 1.54) is 0 Å². The van der Waals surface area contributed by atoms with Crippen LogP contribution in [0, 0.1) is 5.92 Å². The molecule has 1 aliphatic rings. The van der Waals surface area contributed by atoms with Crippen LogP contribution in [0.5, 0.6) is 0 Å². The summed E-state index contributed by atoms with van der Waals surface area (Å²) in [6.45, 7) is 0. The molecule has 1 saturated heterocycles. The number of ketones is 1. The van der Waals surface area contributed by atoms with Crippen molar-refractivity contribution in [2.45, 2.75) is 6.42 Å². The predicted octanol–water partition coefficient (Wildman–Crippen LogP) is 2.98. The van der Waals surface area contributed by atoms with E-state index < -0.39 is 0 Å². The molecule has 0 saturated carbocycles. The highest BCUT2D eigenvalue weighted by atomic mass is 79.9. The molecule has 1 aliphatic heterocycles. The number of halogens is 1. The second-order valence-electron chi connectivity index (χ2n) is 3.02. The van der Waals surface area contributed by atoms with Crippen molar-refractivity contribution < 1.29 is 9.21 Å². The molecule has 0 radical (unpaired) electrons. The lowest BCUT2D eigenvalue weighted by Crippen LogP contribution is -2.13. The van der Waals surface area contributed by atoms with Gasteiger partial charge in [-0.15, -0.1) is 0 Å². The fourth-order valence-corrected chi connectivity index (χ4v) is 3.01. The molecule has 1 aromatic rings. The van der Waals surface area contributed by atoms with Crippen molar-refractivity contribution in [1.82, 2.24) is 0 Å². The van der Waals surface area contributed by atoms with Crippen LogP contribution < -0.4 is 0 Å². The van der Waals surface area contributed by atoms with Crippen molar-refractivity contribution in [3.63, 3.8) is 0 Å². The Balaban J connectivity index is 2.17. The average Bonchev–Trinajstić information content (AvgIpc) is 2.72. The van der Waals surface area contributed by atoms with Crippen LogP contribution in [0.25, 0.3) is 0 Å². The number of hydrogen-bond acceptors (Lipinski definition) is 3. The first-order valence-electron chi connectivity index (χ1n) is 4.14. The summed E-state index contributed by atoms with van der Waals surface area (Å²) in [6.07, 6.45) is 2.52. The van der Waals surface area contributed by atoms with Gasteiger partial charge in [0.1, 0.15) is 0 Å². The first kappa shape index (κ1) is 9.34. The number of carbonyl (C=O) groups excluding carboxylic acids is 1. The van der Waals surface area contributed by atoms with Crippen molar-refractivity contribution in [2.75, 3.05) is 11.5 Å². The second-order valence-corrected chi connectivity index (χ2v) is 5.03. The minimum absolute atomic E-state index is 0.141. The molecule has 0 spiro atoms. The highest BCUT2D eigenvalue weighted by molar-refractivity contribution is 9.10.